The summed E-state index contributed by atoms with van der Waals surface area (Å²) in [6, 6.07) is 8.45. The van der Waals surface area contributed by atoms with E-state index in [9.17, 15) is 0 Å². The first kappa shape index (κ1) is 16.7. The predicted molar refractivity (Wildman–Crippen MR) is 103 cm³/mol. The summed E-state index contributed by atoms with van der Waals surface area (Å²) in [4.78, 5) is 24.0. The monoisotopic (exact) mass is 349 g/mol. The van der Waals surface area contributed by atoms with Gasteiger partial charge in [-0.2, -0.15) is 0 Å². The van der Waals surface area contributed by atoms with Crippen molar-refractivity contribution in [2.75, 3.05) is 50.1 Å². The second-order valence-corrected chi connectivity index (χ2v) is 6.76. The molecule has 134 valence electrons. The maximum atomic E-state index is 4.43. The molecule has 1 saturated heterocycles. The van der Waals surface area contributed by atoms with Gasteiger partial charge in [0.15, 0.2) is 0 Å². The van der Waals surface area contributed by atoms with Crippen LogP contribution in [0.25, 0.3) is 10.9 Å². The van der Waals surface area contributed by atoms with Gasteiger partial charge in [0.2, 0.25) is 0 Å². The predicted octanol–water partition coefficient (Wildman–Crippen LogP) is 1.81. The van der Waals surface area contributed by atoms with Crippen molar-refractivity contribution in [1.29, 1.82) is 0 Å². The smallest absolute Gasteiger partial charge is 0.139 e. The molecular weight excluding hydrogens is 326 g/mol. The third kappa shape index (κ3) is 3.43. The fourth-order valence-electron chi connectivity index (χ4n) is 3.39. The molecule has 3 heterocycles. The molecule has 0 radical (unpaired) electrons. The lowest BCUT2D eigenvalue weighted by atomic mass is 10.1. The van der Waals surface area contributed by atoms with Gasteiger partial charge in [0.25, 0.3) is 0 Å². The molecule has 1 aromatic carbocycles. The van der Waals surface area contributed by atoms with Crippen LogP contribution < -0.4 is 9.80 Å². The van der Waals surface area contributed by atoms with Crippen LogP contribution >= 0.6 is 0 Å². The van der Waals surface area contributed by atoms with Crippen LogP contribution in [0.5, 0.6) is 0 Å². The molecule has 1 fully saturated rings. The molecule has 1 aliphatic rings. The summed E-state index contributed by atoms with van der Waals surface area (Å²) in [5.74, 6) is 0.958. The van der Waals surface area contributed by atoms with Crippen LogP contribution in [0.2, 0.25) is 0 Å². The lowest BCUT2D eigenvalue weighted by Gasteiger charge is -2.36. The first-order valence-electron chi connectivity index (χ1n) is 8.85. The van der Waals surface area contributed by atoms with Crippen molar-refractivity contribution in [1.82, 2.24) is 24.8 Å². The quantitative estimate of drug-likeness (QED) is 0.712. The Morgan fingerprint density at radius 2 is 1.81 bits per heavy atom. The first-order valence-corrected chi connectivity index (χ1v) is 8.85. The van der Waals surface area contributed by atoms with E-state index in [0.717, 1.165) is 55.1 Å². The molecule has 0 N–H and O–H groups in total. The van der Waals surface area contributed by atoms with Gasteiger partial charge in [-0.25, -0.2) is 19.9 Å². The highest BCUT2D eigenvalue weighted by atomic mass is 15.3. The van der Waals surface area contributed by atoms with E-state index in [1.807, 2.05) is 25.1 Å². The summed E-state index contributed by atoms with van der Waals surface area (Å²) in [5, 5.41) is 1.10. The van der Waals surface area contributed by atoms with Crippen molar-refractivity contribution in [3.63, 3.8) is 0 Å². The molecule has 4 rings (SSSR count). The van der Waals surface area contributed by atoms with Gasteiger partial charge in [-0.15, -0.1) is 0 Å². The average molecular weight is 349 g/mol. The van der Waals surface area contributed by atoms with Gasteiger partial charge in [-0.3, -0.25) is 4.90 Å². The van der Waals surface area contributed by atoms with Crippen LogP contribution in [-0.4, -0.2) is 65.1 Å². The maximum Gasteiger partial charge on any atom is 0.139 e. The highest BCUT2D eigenvalue weighted by Gasteiger charge is 2.18. The van der Waals surface area contributed by atoms with Crippen LogP contribution in [-0.2, 0) is 6.54 Å². The van der Waals surface area contributed by atoms with E-state index in [1.54, 1.807) is 18.9 Å². The standard InChI is InChI=1S/C19H23N7/c1-24(2)19-17-11-16(3-4-18(17)22-14-23-19)26-9-7-25(8-10-26)12-15-5-6-20-13-21-15/h3-6,11,13-14H,7-10,12H2,1-2H3. The fraction of sp³-hybridized carbons (Fsp3) is 0.368. The van der Waals surface area contributed by atoms with Gasteiger partial charge < -0.3 is 9.80 Å². The van der Waals surface area contributed by atoms with Crippen molar-refractivity contribution < 1.29 is 0 Å². The maximum absolute atomic E-state index is 4.43. The van der Waals surface area contributed by atoms with Crippen LogP contribution in [0.1, 0.15) is 5.69 Å². The Kier molecular flexibility index (Phi) is 4.62. The Hall–Kier alpha value is -2.80. The number of rotatable bonds is 4. The highest BCUT2D eigenvalue weighted by Crippen LogP contribution is 2.27. The minimum absolute atomic E-state index is 0.882. The Labute approximate surface area is 153 Å². The van der Waals surface area contributed by atoms with E-state index in [0.29, 0.717) is 0 Å². The number of aromatic nitrogens is 4. The van der Waals surface area contributed by atoms with Crippen molar-refractivity contribution in [2.24, 2.45) is 0 Å². The van der Waals surface area contributed by atoms with Crippen molar-refractivity contribution in [3.05, 3.63) is 48.8 Å². The molecule has 0 saturated carbocycles. The lowest BCUT2D eigenvalue weighted by Crippen LogP contribution is -2.46. The molecule has 0 spiro atoms. The number of fused-ring (bicyclic) bond motifs is 1. The highest BCUT2D eigenvalue weighted by molar-refractivity contribution is 5.91. The van der Waals surface area contributed by atoms with Gasteiger partial charge >= 0.3 is 0 Å². The average Bonchev–Trinajstić information content (AvgIpc) is 2.68. The zero-order valence-electron chi connectivity index (χ0n) is 15.2. The van der Waals surface area contributed by atoms with Crippen LogP contribution in [0, 0.1) is 0 Å². The summed E-state index contributed by atoms with van der Waals surface area (Å²) in [7, 11) is 4.03. The van der Waals surface area contributed by atoms with Gasteiger partial charge in [0.1, 0.15) is 18.5 Å². The van der Waals surface area contributed by atoms with Gasteiger partial charge in [-0.05, 0) is 24.3 Å². The van der Waals surface area contributed by atoms with Gasteiger partial charge in [0.05, 0.1) is 11.2 Å². The van der Waals surface area contributed by atoms with E-state index in [2.05, 4.69) is 47.9 Å². The Morgan fingerprint density at radius 1 is 0.962 bits per heavy atom. The number of hydrogen-bond donors (Lipinski definition) is 0. The normalized spacial score (nSPS) is 15.4. The third-order valence-electron chi connectivity index (χ3n) is 4.79. The molecule has 7 nitrogen and oxygen atoms in total. The Bertz CT molecular complexity index is 873. The van der Waals surface area contributed by atoms with Crippen molar-refractivity contribution in [3.8, 4) is 0 Å². The fourth-order valence-corrected chi connectivity index (χ4v) is 3.39. The first-order chi connectivity index (χ1) is 12.7. The summed E-state index contributed by atoms with van der Waals surface area (Å²) in [6.45, 7) is 4.93. The van der Waals surface area contributed by atoms with E-state index in [-0.39, 0.29) is 0 Å². The molecule has 0 atom stereocenters. The number of piperazine rings is 1. The zero-order valence-corrected chi connectivity index (χ0v) is 15.2. The molecule has 3 aromatic rings. The van der Waals surface area contributed by atoms with Gasteiger partial charge in [0, 0.05) is 64.1 Å². The van der Waals surface area contributed by atoms with Gasteiger partial charge in [-0.1, -0.05) is 0 Å². The molecule has 0 aliphatic carbocycles. The van der Waals surface area contributed by atoms with E-state index in [4.69, 9.17) is 0 Å². The summed E-state index contributed by atoms with van der Waals surface area (Å²) >= 11 is 0. The number of hydrogen-bond acceptors (Lipinski definition) is 7. The zero-order chi connectivity index (χ0) is 17.9. The van der Waals surface area contributed by atoms with Crippen LogP contribution in [0.15, 0.2) is 43.1 Å². The van der Waals surface area contributed by atoms with E-state index < -0.39 is 0 Å². The Morgan fingerprint density at radius 3 is 2.54 bits per heavy atom. The molecule has 0 unspecified atom stereocenters. The SMILES string of the molecule is CN(C)c1ncnc2ccc(N3CCN(Cc4ccncn4)CC3)cc12. The van der Waals surface area contributed by atoms with Crippen molar-refractivity contribution in [2.45, 2.75) is 6.54 Å². The lowest BCUT2D eigenvalue weighted by molar-refractivity contribution is 0.247. The topological polar surface area (TPSA) is 61.3 Å². The van der Waals surface area contributed by atoms with Crippen LogP contribution in [0.3, 0.4) is 0 Å². The number of anilines is 2. The second kappa shape index (κ2) is 7.21. The van der Waals surface area contributed by atoms with E-state index >= 15 is 0 Å². The minimum atomic E-state index is 0.882. The summed E-state index contributed by atoms with van der Waals surface area (Å²) < 4.78 is 0. The molecule has 7 heteroatoms. The number of nitrogens with zero attached hydrogens (tertiary/aromatic N) is 7. The van der Waals surface area contributed by atoms with Crippen LogP contribution in [0.4, 0.5) is 11.5 Å². The van der Waals surface area contributed by atoms with E-state index in [1.165, 1.54) is 5.69 Å². The largest absolute Gasteiger partial charge is 0.369 e. The molecular formula is C19H23N7. The second-order valence-electron chi connectivity index (χ2n) is 6.76. The van der Waals surface area contributed by atoms with Crippen molar-refractivity contribution >= 4 is 22.4 Å². The molecule has 2 aromatic heterocycles. The summed E-state index contributed by atoms with van der Waals surface area (Å²) in [6.07, 6.45) is 5.05. The third-order valence-corrected chi connectivity index (χ3v) is 4.79. The minimum Gasteiger partial charge on any atom is -0.369 e. The molecule has 26 heavy (non-hydrogen) atoms. The Balaban J connectivity index is 1.48. The molecule has 0 bridgehead atoms. The number of benzene rings is 1. The molecule has 0 amide bonds. The summed E-state index contributed by atoms with van der Waals surface area (Å²) in [5.41, 5.74) is 3.29. The molecule has 1 aliphatic heterocycles.